The molecule has 0 spiro atoms. The summed E-state index contributed by atoms with van der Waals surface area (Å²) >= 11 is 0. The molecular weight excluding hydrogens is 254 g/mol. The average Bonchev–Trinajstić information content (AvgIpc) is 2.43. The smallest absolute Gasteiger partial charge is 0.356 e. The number of nitrogens with zero attached hydrogens (tertiary/aromatic N) is 3. The Morgan fingerprint density at radius 2 is 2.00 bits per heavy atom. The third kappa shape index (κ3) is 3.12. The lowest BCUT2D eigenvalue weighted by Gasteiger charge is -2.19. The van der Waals surface area contributed by atoms with Gasteiger partial charge in [-0.05, 0) is 25.0 Å². The maximum absolute atomic E-state index is 10.7. The van der Waals surface area contributed by atoms with Crippen LogP contribution in [0, 0.1) is 13.8 Å². The Bertz CT molecular complexity index is 624. The van der Waals surface area contributed by atoms with Crippen molar-refractivity contribution in [2.24, 2.45) is 0 Å². The molecule has 5 heteroatoms. The molecule has 5 nitrogen and oxygen atoms in total. The fourth-order valence-electron chi connectivity index (χ4n) is 1.94. The normalized spacial score (nSPS) is 10.3. The summed E-state index contributed by atoms with van der Waals surface area (Å²) in [7, 11) is 1.91. The Labute approximate surface area is 117 Å². The van der Waals surface area contributed by atoms with Crippen LogP contribution in [-0.2, 0) is 6.54 Å². The number of carboxylic acid groups (broad SMARTS) is 1. The highest BCUT2D eigenvalue weighted by molar-refractivity contribution is 5.84. The number of hydrogen-bond donors (Lipinski definition) is 1. The van der Waals surface area contributed by atoms with E-state index < -0.39 is 5.97 Å². The van der Waals surface area contributed by atoms with Crippen LogP contribution in [-0.4, -0.2) is 28.1 Å². The fraction of sp³-hybridized carbons (Fsp3) is 0.267. The van der Waals surface area contributed by atoms with E-state index in [0.717, 1.165) is 0 Å². The van der Waals surface area contributed by atoms with Crippen molar-refractivity contribution in [3.8, 4) is 0 Å². The average molecular weight is 271 g/mol. The predicted molar refractivity (Wildman–Crippen MR) is 77.0 cm³/mol. The van der Waals surface area contributed by atoms with Crippen LogP contribution >= 0.6 is 0 Å². The van der Waals surface area contributed by atoms with Crippen LogP contribution in [0.5, 0.6) is 0 Å². The quantitative estimate of drug-likeness (QED) is 0.925. The van der Waals surface area contributed by atoms with E-state index in [1.165, 1.54) is 29.1 Å². The minimum Gasteiger partial charge on any atom is -0.476 e. The number of benzene rings is 1. The molecule has 0 bridgehead atoms. The lowest BCUT2D eigenvalue weighted by molar-refractivity contribution is 0.0690. The number of carbonyl (C=O) groups is 1. The van der Waals surface area contributed by atoms with Gasteiger partial charge in [0.15, 0.2) is 5.69 Å². The summed E-state index contributed by atoms with van der Waals surface area (Å²) in [6.07, 6.45) is 2.76. The van der Waals surface area contributed by atoms with E-state index in [1.807, 2.05) is 11.9 Å². The van der Waals surface area contributed by atoms with Crippen molar-refractivity contribution < 1.29 is 9.90 Å². The van der Waals surface area contributed by atoms with Crippen molar-refractivity contribution in [3.05, 3.63) is 53.0 Å². The van der Waals surface area contributed by atoms with Crippen molar-refractivity contribution in [3.63, 3.8) is 0 Å². The lowest BCUT2D eigenvalue weighted by atomic mass is 10.1. The summed E-state index contributed by atoms with van der Waals surface area (Å²) in [5.41, 5.74) is 3.61. The zero-order valence-corrected chi connectivity index (χ0v) is 11.8. The molecule has 1 aromatic carbocycles. The van der Waals surface area contributed by atoms with Gasteiger partial charge in [0, 0.05) is 13.6 Å². The second-order valence-corrected chi connectivity index (χ2v) is 4.85. The molecule has 2 rings (SSSR count). The third-order valence-corrected chi connectivity index (χ3v) is 3.16. The maximum atomic E-state index is 10.7. The second kappa shape index (κ2) is 5.69. The maximum Gasteiger partial charge on any atom is 0.356 e. The minimum atomic E-state index is -1.07. The van der Waals surface area contributed by atoms with Gasteiger partial charge in [-0.3, -0.25) is 0 Å². The summed E-state index contributed by atoms with van der Waals surface area (Å²) in [5, 5.41) is 8.80. The Balaban J connectivity index is 2.17. The van der Waals surface area contributed by atoms with Gasteiger partial charge in [-0.15, -0.1) is 0 Å². The van der Waals surface area contributed by atoms with E-state index in [2.05, 4.69) is 42.0 Å². The van der Waals surface area contributed by atoms with Gasteiger partial charge < -0.3 is 10.0 Å². The highest BCUT2D eigenvalue weighted by Crippen LogP contribution is 2.16. The molecule has 0 atom stereocenters. The summed E-state index contributed by atoms with van der Waals surface area (Å²) < 4.78 is 0. The Morgan fingerprint density at radius 3 is 2.60 bits per heavy atom. The summed E-state index contributed by atoms with van der Waals surface area (Å²) in [5.74, 6) is -0.419. The van der Waals surface area contributed by atoms with E-state index in [0.29, 0.717) is 12.4 Å². The highest BCUT2D eigenvalue weighted by atomic mass is 16.4. The van der Waals surface area contributed by atoms with Crippen molar-refractivity contribution in [1.82, 2.24) is 9.97 Å². The summed E-state index contributed by atoms with van der Waals surface area (Å²) in [6, 6.07) is 6.32. The largest absolute Gasteiger partial charge is 0.476 e. The molecule has 1 N–H and O–H groups in total. The molecule has 0 saturated carbocycles. The molecule has 0 fully saturated rings. The van der Waals surface area contributed by atoms with Crippen molar-refractivity contribution in [2.75, 3.05) is 11.9 Å². The number of aryl methyl sites for hydroxylation is 2. The van der Waals surface area contributed by atoms with Crippen LogP contribution < -0.4 is 4.90 Å². The molecule has 2 aromatic rings. The van der Waals surface area contributed by atoms with Gasteiger partial charge in [-0.1, -0.05) is 23.8 Å². The van der Waals surface area contributed by atoms with Crippen LogP contribution in [0.2, 0.25) is 0 Å². The first-order chi connectivity index (χ1) is 9.47. The SMILES string of the molecule is Cc1ccc(C)c(CN(C)c2cnc(C(=O)O)cn2)c1. The molecule has 0 aliphatic rings. The van der Waals surface area contributed by atoms with Gasteiger partial charge >= 0.3 is 5.97 Å². The predicted octanol–water partition coefficient (Wildman–Crippen LogP) is 2.43. The zero-order chi connectivity index (χ0) is 14.7. The van der Waals surface area contributed by atoms with E-state index in [1.54, 1.807) is 0 Å². The molecule has 20 heavy (non-hydrogen) atoms. The standard InChI is InChI=1S/C15H17N3O2/c1-10-4-5-11(2)12(6-10)9-18(3)14-8-16-13(7-17-14)15(19)20/h4-8H,9H2,1-3H3,(H,19,20). The topological polar surface area (TPSA) is 66.3 Å². The first-order valence-electron chi connectivity index (χ1n) is 6.30. The van der Waals surface area contributed by atoms with E-state index in [4.69, 9.17) is 5.11 Å². The molecule has 1 aromatic heterocycles. The van der Waals surface area contributed by atoms with Crippen molar-refractivity contribution >= 4 is 11.8 Å². The summed E-state index contributed by atoms with van der Waals surface area (Å²) in [4.78, 5) is 20.7. The zero-order valence-electron chi connectivity index (χ0n) is 11.8. The van der Waals surface area contributed by atoms with E-state index in [-0.39, 0.29) is 5.69 Å². The Hall–Kier alpha value is -2.43. The molecule has 0 aliphatic carbocycles. The van der Waals surface area contributed by atoms with Gasteiger partial charge in [0.1, 0.15) is 5.82 Å². The molecule has 0 radical (unpaired) electrons. The lowest BCUT2D eigenvalue weighted by Crippen LogP contribution is -2.19. The number of rotatable bonds is 4. The number of aromatic nitrogens is 2. The monoisotopic (exact) mass is 271 g/mol. The molecular formula is C15H17N3O2. The first-order valence-corrected chi connectivity index (χ1v) is 6.30. The molecule has 0 saturated heterocycles. The Kier molecular flexibility index (Phi) is 3.98. The highest BCUT2D eigenvalue weighted by Gasteiger charge is 2.09. The van der Waals surface area contributed by atoms with Crippen LogP contribution in [0.1, 0.15) is 27.2 Å². The molecule has 1 heterocycles. The molecule has 0 unspecified atom stereocenters. The number of aromatic carboxylic acids is 1. The van der Waals surface area contributed by atoms with Crippen LogP contribution in [0.25, 0.3) is 0 Å². The molecule has 0 amide bonds. The van der Waals surface area contributed by atoms with Crippen molar-refractivity contribution in [1.29, 1.82) is 0 Å². The van der Waals surface area contributed by atoms with Gasteiger partial charge in [-0.2, -0.15) is 0 Å². The number of anilines is 1. The second-order valence-electron chi connectivity index (χ2n) is 4.85. The van der Waals surface area contributed by atoms with Gasteiger partial charge in [-0.25, -0.2) is 14.8 Å². The Morgan fingerprint density at radius 1 is 1.25 bits per heavy atom. The van der Waals surface area contributed by atoms with Gasteiger partial charge in [0.25, 0.3) is 0 Å². The van der Waals surface area contributed by atoms with Gasteiger partial charge in [0.05, 0.1) is 12.4 Å². The van der Waals surface area contributed by atoms with E-state index >= 15 is 0 Å². The third-order valence-electron chi connectivity index (χ3n) is 3.16. The summed E-state index contributed by atoms with van der Waals surface area (Å²) in [6.45, 7) is 4.83. The van der Waals surface area contributed by atoms with Gasteiger partial charge in [0.2, 0.25) is 0 Å². The van der Waals surface area contributed by atoms with Crippen molar-refractivity contribution in [2.45, 2.75) is 20.4 Å². The molecule has 0 aliphatic heterocycles. The minimum absolute atomic E-state index is 0.0473. The van der Waals surface area contributed by atoms with E-state index in [9.17, 15) is 4.79 Å². The number of carboxylic acids is 1. The first kappa shape index (κ1) is 14.0. The van der Waals surface area contributed by atoms with Crippen LogP contribution in [0.15, 0.2) is 30.6 Å². The van der Waals surface area contributed by atoms with Crippen LogP contribution in [0.3, 0.4) is 0 Å². The van der Waals surface area contributed by atoms with Crippen LogP contribution in [0.4, 0.5) is 5.82 Å². The number of hydrogen-bond acceptors (Lipinski definition) is 4. The molecule has 104 valence electrons. The fourth-order valence-corrected chi connectivity index (χ4v) is 1.94.